The fourth-order valence-corrected chi connectivity index (χ4v) is 6.40. The summed E-state index contributed by atoms with van der Waals surface area (Å²) in [5.41, 5.74) is 2.68. The van der Waals surface area contributed by atoms with E-state index in [0.29, 0.717) is 17.1 Å². The van der Waals surface area contributed by atoms with Crippen LogP contribution in [-0.2, 0) is 34.4 Å². The molecular weight excluding hydrogens is 515 g/mol. The van der Waals surface area contributed by atoms with E-state index in [0.717, 1.165) is 16.9 Å². The van der Waals surface area contributed by atoms with Gasteiger partial charge in [0.2, 0.25) is 9.84 Å². The molecule has 0 aliphatic carbocycles. The van der Waals surface area contributed by atoms with Crippen LogP contribution in [0.1, 0.15) is 30.5 Å². The maximum Gasteiger partial charge on any atom is 1.00 e. The van der Waals surface area contributed by atoms with Gasteiger partial charge in [-0.25, -0.2) is 8.42 Å². The van der Waals surface area contributed by atoms with E-state index in [1.807, 2.05) is 48.5 Å². The Morgan fingerprint density at radius 2 is 1.18 bits per heavy atom. The predicted octanol–water partition coefficient (Wildman–Crippen LogP) is 3.63. The molecule has 0 radical (unpaired) electrons. The Labute approximate surface area is 237 Å². The molecule has 0 aliphatic heterocycles. The van der Waals surface area contributed by atoms with Crippen molar-refractivity contribution in [3.8, 4) is 17.2 Å². The summed E-state index contributed by atoms with van der Waals surface area (Å²) in [6.45, 7) is 5.99. The average molecular weight is 543 g/mol. The molecule has 0 heterocycles. The van der Waals surface area contributed by atoms with E-state index < -0.39 is 20.5 Å². The third kappa shape index (κ3) is 6.16. The molecule has 0 atom stereocenters. The number of sulfone groups is 1. The predicted molar refractivity (Wildman–Crippen MR) is 142 cm³/mol. The van der Waals surface area contributed by atoms with Crippen molar-refractivity contribution in [3.63, 3.8) is 0 Å². The van der Waals surface area contributed by atoms with Gasteiger partial charge in [-0.15, -0.1) is 0 Å². The van der Waals surface area contributed by atoms with Gasteiger partial charge in [0.05, 0.1) is 16.9 Å². The molecule has 0 spiro atoms. The van der Waals surface area contributed by atoms with Crippen molar-refractivity contribution in [2.75, 3.05) is 7.11 Å². The molecule has 9 heteroatoms. The Balaban J connectivity index is 0.00000400. The SMILES string of the molecule is COc1ccc(C(C)(C)c2ccc(Oc3ccc(S(=O)(=O)c4ccc(C)cc4[S-](=O)=O)cc3)cc2)cc1.[Li+]. The zero-order valence-corrected chi connectivity index (χ0v) is 23.6. The van der Waals surface area contributed by atoms with E-state index >= 15 is 0 Å². The third-order valence-corrected chi connectivity index (χ3v) is 8.98. The average Bonchev–Trinajstić information content (AvgIpc) is 2.89. The Morgan fingerprint density at radius 3 is 1.66 bits per heavy atom. The summed E-state index contributed by atoms with van der Waals surface area (Å²) in [4.78, 5) is -0.528. The van der Waals surface area contributed by atoms with Gasteiger partial charge < -0.3 is 17.9 Å². The summed E-state index contributed by atoms with van der Waals surface area (Å²) in [5.74, 6) is 1.87. The zero-order valence-electron chi connectivity index (χ0n) is 21.9. The number of hydrogen-bond donors (Lipinski definition) is 0. The van der Waals surface area contributed by atoms with Gasteiger partial charge in [0.1, 0.15) is 17.2 Å². The Bertz CT molecular complexity index is 1580. The van der Waals surface area contributed by atoms with E-state index in [-0.39, 0.29) is 39.0 Å². The van der Waals surface area contributed by atoms with Gasteiger partial charge in [-0.2, -0.15) is 0 Å². The second-order valence-electron chi connectivity index (χ2n) is 9.14. The summed E-state index contributed by atoms with van der Waals surface area (Å²) in [5, 5.41) is 0. The van der Waals surface area contributed by atoms with E-state index in [2.05, 4.69) is 13.8 Å². The summed E-state index contributed by atoms with van der Waals surface area (Å²) in [6.07, 6.45) is 0. The molecular formula is C29H27LiO6S2. The third-order valence-electron chi connectivity index (χ3n) is 6.33. The summed E-state index contributed by atoms with van der Waals surface area (Å²) >= 11 is 0. The van der Waals surface area contributed by atoms with Crippen LogP contribution in [0.4, 0.5) is 0 Å². The fraction of sp³-hybridized carbons (Fsp3) is 0.172. The summed E-state index contributed by atoms with van der Waals surface area (Å²) in [7, 11) is -5.07. The van der Waals surface area contributed by atoms with Crippen molar-refractivity contribution in [1.29, 1.82) is 0 Å². The zero-order chi connectivity index (χ0) is 26.8. The maximum atomic E-state index is 13.1. The Kier molecular flexibility index (Phi) is 9.16. The molecule has 4 aromatic carbocycles. The fourth-order valence-electron chi connectivity index (χ4n) is 4.03. The van der Waals surface area contributed by atoms with Crippen LogP contribution in [0.15, 0.2) is 106 Å². The Morgan fingerprint density at radius 1 is 0.711 bits per heavy atom. The molecule has 4 aromatic rings. The van der Waals surface area contributed by atoms with Crippen LogP contribution in [0, 0.1) is 6.92 Å². The van der Waals surface area contributed by atoms with Crippen LogP contribution < -0.4 is 28.3 Å². The minimum Gasteiger partial charge on any atom is -0.497 e. The minimum atomic E-state index is -4.03. The summed E-state index contributed by atoms with van der Waals surface area (Å²) < 4.78 is 60.6. The van der Waals surface area contributed by atoms with Crippen molar-refractivity contribution >= 4 is 20.5 Å². The Hall–Kier alpha value is -3.02. The number of ether oxygens (including phenoxy) is 2. The molecule has 0 amide bonds. The van der Waals surface area contributed by atoms with Crippen LogP contribution >= 0.6 is 0 Å². The molecule has 192 valence electrons. The van der Waals surface area contributed by atoms with Crippen molar-refractivity contribution in [2.45, 2.75) is 40.9 Å². The monoisotopic (exact) mass is 542 g/mol. The maximum absolute atomic E-state index is 13.1. The second-order valence-corrected chi connectivity index (χ2v) is 12.0. The molecule has 0 aliphatic rings. The second kappa shape index (κ2) is 11.8. The first kappa shape index (κ1) is 29.5. The molecule has 0 saturated heterocycles. The topological polar surface area (TPSA) is 86.7 Å². The molecule has 6 nitrogen and oxygen atoms in total. The molecule has 38 heavy (non-hydrogen) atoms. The number of rotatable bonds is 8. The number of hydrogen-bond acceptors (Lipinski definition) is 7. The van der Waals surface area contributed by atoms with Crippen molar-refractivity contribution in [2.24, 2.45) is 0 Å². The molecule has 0 aromatic heterocycles. The molecule has 0 unspecified atom stereocenters. The standard InChI is InChI=1S/C29H27O6S2.Li/c1-20-5-18-28(27(19-20)36(30)31)37(32,33)26-16-14-25(15-17-26)35-24-12-8-22(9-13-24)29(2,3)21-6-10-23(34-4)11-7-21;/h5-19H,1-4H3;/q-1;+1. The van der Waals surface area contributed by atoms with Crippen LogP contribution in [0.2, 0.25) is 0 Å². The van der Waals surface area contributed by atoms with Crippen LogP contribution in [0.3, 0.4) is 0 Å². The molecule has 0 N–H and O–H groups in total. The number of aryl methyl sites for hydroxylation is 1. The first-order valence-electron chi connectivity index (χ1n) is 11.5. The van der Waals surface area contributed by atoms with Crippen molar-refractivity contribution in [3.05, 3.63) is 108 Å². The van der Waals surface area contributed by atoms with Crippen LogP contribution in [-0.4, -0.2) is 15.5 Å². The van der Waals surface area contributed by atoms with E-state index in [4.69, 9.17) is 9.47 Å². The van der Waals surface area contributed by atoms with Crippen molar-refractivity contribution < 1.29 is 45.2 Å². The minimum absolute atomic E-state index is 0. The van der Waals surface area contributed by atoms with Gasteiger partial charge in [0.15, 0.2) is 0 Å². The molecule has 0 fully saturated rings. The van der Waals surface area contributed by atoms with Crippen LogP contribution in [0.5, 0.6) is 17.2 Å². The van der Waals surface area contributed by atoms with Gasteiger partial charge >= 0.3 is 18.9 Å². The quantitative estimate of drug-likeness (QED) is 0.250. The molecule has 4 rings (SSSR count). The first-order chi connectivity index (χ1) is 17.5. The smallest absolute Gasteiger partial charge is 0.497 e. The van der Waals surface area contributed by atoms with Crippen molar-refractivity contribution in [1.82, 2.24) is 0 Å². The van der Waals surface area contributed by atoms with E-state index in [1.54, 1.807) is 32.2 Å². The molecule has 0 bridgehead atoms. The number of benzene rings is 4. The van der Waals surface area contributed by atoms with Gasteiger partial charge in [0, 0.05) is 5.41 Å². The first-order valence-corrected chi connectivity index (χ1v) is 14.1. The van der Waals surface area contributed by atoms with E-state index in [1.165, 1.54) is 24.3 Å². The van der Waals surface area contributed by atoms with Gasteiger partial charge in [-0.05, 0) is 83.4 Å². The van der Waals surface area contributed by atoms with E-state index in [9.17, 15) is 16.8 Å². The van der Waals surface area contributed by atoms with Crippen LogP contribution in [0.25, 0.3) is 0 Å². The van der Waals surface area contributed by atoms with Gasteiger partial charge in [-0.1, -0.05) is 60.7 Å². The van der Waals surface area contributed by atoms with Gasteiger partial charge in [-0.3, -0.25) is 0 Å². The largest absolute Gasteiger partial charge is 1.00 e. The van der Waals surface area contributed by atoms with Gasteiger partial charge in [0.25, 0.3) is 0 Å². The molecule has 0 saturated carbocycles. The summed E-state index contributed by atoms with van der Waals surface area (Å²) in [6, 6.07) is 25.8. The normalized spacial score (nSPS) is 11.6. The number of methoxy groups -OCH3 is 1.